The summed E-state index contributed by atoms with van der Waals surface area (Å²) in [5, 5.41) is 9.05. The normalized spacial score (nSPS) is 24.1. The first kappa shape index (κ1) is 11.0. The first-order valence-electron chi connectivity index (χ1n) is 5.53. The van der Waals surface area contributed by atoms with Crippen LogP contribution in [0.3, 0.4) is 0 Å². The van der Waals surface area contributed by atoms with Crippen molar-refractivity contribution in [1.29, 1.82) is 0 Å². The zero-order valence-corrected chi connectivity index (χ0v) is 9.42. The minimum absolute atomic E-state index is 0.126. The largest absolute Gasteiger partial charge is 0.331 e. The number of para-hydroxylation sites is 1. The predicted molar refractivity (Wildman–Crippen MR) is 64.5 cm³/mol. The summed E-state index contributed by atoms with van der Waals surface area (Å²) in [5.74, 6) is 0. The van der Waals surface area contributed by atoms with Crippen LogP contribution in [0.4, 0.5) is 10.5 Å². The number of nitrogens with one attached hydrogen (secondary N) is 3. The molecular weight excluding hydrogens is 202 g/mol. The number of anilines is 1. The summed E-state index contributed by atoms with van der Waals surface area (Å²) >= 11 is 0. The van der Waals surface area contributed by atoms with Crippen molar-refractivity contribution >= 4 is 11.7 Å². The Labute approximate surface area is 95.4 Å². The first-order valence-corrected chi connectivity index (χ1v) is 5.53. The molecule has 1 heterocycles. The third-order valence-corrected chi connectivity index (χ3v) is 2.82. The van der Waals surface area contributed by atoms with E-state index in [1.54, 1.807) is 0 Å². The fourth-order valence-corrected chi connectivity index (χ4v) is 1.88. The highest BCUT2D eigenvalue weighted by Gasteiger charge is 2.29. The molecule has 1 atom stereocenters. The topological polar surface area (TPSA) is 53.2 Å². The van der Waals surface area contributed by atoms with Crippen LogP contribution in [0, 0.1) is 0 Å². The lowest BCUT2D eigenvalue weighted by Crippen LogP contribution is -2.49. The van der Waals surface area contributed by atoms with Gasteiger partial charge in [-0.3, -0.25) is 0 Å². The second kappa shape index (κ2) is 4.53. The molecule has 0 spiro atoms. The zero-order chi connectivity index (χ0) is 11.4. The van der Waals surface area contributed by atoms with E-state index in [9.17, 15) is 4.79 Å². The highest BCUT2D eigenvalue weighted by molar-refractivity contribution is 5.89. The van der Waals surface area contributed by atoms with E-state index in [1.807, 2.05) is 30.3 Å². The van der Waals surface area contributed by atoms with Crippen LogP contribution in [0.2, 0.25) is 0 Å². The van der Waals surface area contributed by atoms with Gasteiger partial charge in [-0.25, -0.2) is 4.79 Å². The van der Waals surface area contributed by atoms with Crippen molar-refractivity contribution in [2.45, 2.75) is 18.9 Å². The molecule has 1 saturated heterocycles. The lowest BCUT2D eigenvalue weighted by Gasteiger charge is -2.24. The van der Waals surface area contributed by atoms with E-state index in [4.69, 9.17) is 0 Å². The first-order chi connectivity index (χ1) is 7.68. The Morgan fingerprint density at radius 3 is 2.75 bits per heavy atom. The zero-order valence-electron chi connectivity index (χ0n) is 9.42. The summed E-state index contributed by atoms with van der Waals surface area (Å²) in [6.45, 7) is 3.84. The SMILES string of the molecule is CC1(NC(=O)Nc2ccccc2)CCNC1. The van der Waals surface area contributed by atoms with Crippen molar-refractivity contribution in [3.05, 3.63) is 30.3 Å². The number of rotatable bonds is 2. The molecule has 2 rings (SSSR count). The smallest absolute Gasteiger partial charge is 0.319 e. The Morgan fingerprint density at radius 1 is 1.38 bits per heavy atom. The number of urea groups is 1. The molecule has 86 valence electrons. The second-order valence-electron chi connectivity index (χ2n) is 4.43. The van der Waals surface area contributed by atoms with Gasteiger partial charge in [-0.05, 0) is 32.0 Å². The van der Waals surface area contributed by atoms with Crippen molar-refractivity contribution < 1.29 is 4.79 Å². The summed E-state index contributed by atoms with van der Waals surface area (Å²) in [4.78, 5) is 11.7. The van der Waals surface area contributed by atoms with Gasteiger partial charge in [-0.1, -0.05) is 18.2 Å². The van der Waals surface area contributed by atoms with Crippen LogP contribution in [0.1, 0.15) is 13.3 Å². The molecule has 3 N–H and O–H groups in total. The van der Waals surface area contributed by atoms with Crippen molar-refractivity contribution in [1.82, 2.24) is 10.6 Å². The molecule has 2 amide bonds. The number of carbonyl (C=O) groups is 1. The van der Waals surface area contributed by atoms with Gasteiger partial charge in [0.1, 0.15) is 0 Å². The standard InChI is InChI=1S/C12H17N3O/c1-12(7-8-13-9-12)15-11(16)14-10-5-3-2-4-6-10/h2-6,13H,7-9H2,1H3,(H2,14,15,16). The van der Waals surface area contributed by atoms with E-state index < -0.39 is 0 Å². The fourth-order valence-electron chi connectivity index (χ4n) is 1.88. The van der Waals surface area contributed by atoms with Gasteiger partial charge in [0.25, 0.3) is 0 Å². The quantitative estimate of drug-likeness (QED) is 0.707. The molecule has 1 aromatic rings. The Balaban J connectivity index is 1.89. The molecule has 1 fully saturated rings. The molecule has 4 heteroatoms. The molecule has 1 aliphatic rings. The molecule has 1 unspecified atom stereocenters. The lowest BCUT2D eigenvalue weighted by atomic mass is 10.0. The van der Waals surface area contributed by atoms with E-state index in [0.29, 0.717) is 0 Å². The fraction of sp³-hybridized carbons (Fsp3) is 0.417. The lowest BCUT2D eigenvalue weighted by molar-refractivity contribution is 0.241. The Morgan fingerprint density at radius 2 is 2.12 bits per heavy atom. The third-order valence-electron chi connectivity index (χ3n) is 2.82. The van der Waals surface area contributed by atoms with Crippen LogP contribution in [-0.4, -0.2) is 24.7 Å². The van der Waals surface area contributed by atoms with Crippen molar-refractivity contribution in [2.24, 2.45) is 0 Å². The Hall–Kier alpha value is -1.55. The molecule has 16 heavy (non-hydrogen) atoms. The van der Waals surface area contributed by atoms with Crippen molar-refractivity contribution in [3.8, 4) is 0 Å². The van der Waals surface area contributed by atoms with E-state index in [2.05, 4.69) is 22.9 Å². The molecule has 0 radical (unpaired) electrons. The van der Waals surface area contributed by atoms with Crippen LogP contribution in [-0.2, 0) is 0 Å². The summed E-state index contributed by atoms with van der Waals surface area (Å²) < 4.78 is 0. The average molecular weight is 219 g/mol. The van der Waals surface area contributed by atoms with Gasteiger partial charge in [0.05, 0.1) is 5.54 Å². The molecule has 0 aromatic heterocycles. The summed E-state index contributed by atoms with van der Waals surface area (Å²) in [6, 6.07) is 9.31. The molecular formula is C12H17N3O. The maximum Gasteiger partial charge on any atom is 0.319 e. The molecule has 0 aliphatic carbocycles. The average Bonchev–Trinajstić information content (AvgIpc) is 2.66. The summed E-state index contributed by atoms with van der Waals surface area (Å²) in [7, 11) is 0. The number of benzene rings is 1. The Kier molecular flexibility index (Phi) is 3.10. The molecule has 0 saturated carbocycles. The van der Waals surface area contributed by atoms with Crippen LogP contribution in [0.15, 0.2) is 30.3 Å². The van der Waals surface area contributed by atoms with Gasteiger partial charge in [0.15, 0.2) is 0 Å². The van der Waals surface area contributed by atoms with Gasteiger partial charge in [-0.2, -0.15) is 0 Å². The highest BCUT2D eigenvalue weighted by atomic mass is 16.2. The summed E-state index contributed by atoms with van der Waals surface area (Å²) in [6.07, 6.45) is 0.967. The van der Waals surface area contributed by atoms with Gasteiger partial charge in [-0.15, -0.1) is 0 Å². The third kappa shape index (κ3) is 2.73. The van der Waals surface area contributed by atoms with Crippen molar-refractivity contribution in [3.63, 3.8) is 0 Å². The van der Waals surface area contributed by atoms with E-state index >= 15 is 0 Å². The number of hydrogen-bond donors (Lipinski definition) is 3. The number of hydrogen-bond acceptors (Lipinski definition) is 2. The van der Waals surface area contributed by atoms with Crippen LogP contribution >= 0.6 is 0 Å². The van der Waals surface area contributed by atoms with Crippen LogP contribution in [0.5, 0.6) is 0 Å². The monoisotopic (exact) mass is 219 g/mol. The maximum absolute atomic E-state index is 11.7. The highest BCUT2D eigenvalue weighted by Crippen LogP contribution is 2.13. The molecule has 1 aromatic carbocycles. The van der Waals surface area contributed by atoms with Gasteiger partial charge in [0.2, 0.25) is 0 Å². The van der Waals surface area contributed by atoms with E-state index in [1.165, 1.54) is 0 Å². The predicted octanol–water partition coefficient (Wildman–Crippen LogP) is 1.56. The second-order valence-corrected chi connectivity index (χ2v) is 4.43. The maximum atomic E-state index is 11.7. The van der Waals surface area contributed by atoms with Gasteiger partial charge >= 0.3 is 6.03 Å². The Bertz CT molecular complexity index is 358. The number of carbonyl (C=O) groups excluding carboxylic acids is 1. The van der Waals surface area contributed by atoms with E-state index in [0.717, 1.165) is 25.2 Å². The van der Waals surface area contributed by atoms with E-state index in [-0.39, 0.29) is 11.6 Å². The van der Waals surface area contributed by atoms with Gasteiger partial charge in [0, 0.05) is 12.2 Å². The summed E-state index contributed by atoms with van der Waals surface area (Å²) in [5.41, 5.74) is 0.688. The van der Waals surface area contributed by atoms with Gasteiger partial charge < -0.3 is 16.0 Å². The van der Waals surface area contributed by atoms with Crippen molar-refractivity contribution in [2.75, 3.05) is 18.4 Å². The minimum atomic E-state index is -0.141. The number of amides is 2. The molecule has 0 bridgehead atoms. The van der Waals surface area contributed by atoms with Crippen LogP contribution < -0.4 is 16.0 Å². The minimum Gasteiger partial charge on any atom is -0.331 e. The van der Waals surface area contributed by atoms with Crippen LogP contribution in [0.25, 0.3) is 0 Å². The molecule has 4 nitrogen and oxygen atoms in total. The molecule has 1 aliphatic heterocycles.